The first-order valence-electron chi connectivity index (χ1n) is 8.06. The molecule has 0 aliphatic heterocycles. The van der Waals surface area contributed by atoms with Gasteiger partial charge in [-0.05, 0) is 44.0 Å². The molecule has 0 radical (unpaired) electrons. The molecule has 0 spiro atoms. The van der Waals surface area contributed by atoms with E-state index in [1.807, 2.05) is 40.1 Å². The van der Waals surface area contributed by atoms with Crippen LogP contribution in [0.25, 0.3) is 0 Å². The van der Waals surface area contributed by atoms with Crippen LogP contribution in [0, 0.1) is 0 Å². The Balaban J connectivity index is 2.58. The van der Waals surface area contributed by atoms with E-state index in [9.17, 15) is 8.42 Å². The lowest BCUT2D eigenvalue weighted by atomic mass is 10.2. The van der Waals surface area contributed by atoms with E-state index in [0.29, 0.717) is 29.6 Å². The number of nitrogens with zero attached hydrogens (tertiary/aromatic N) is 2. The lowest BCUT2D eigenvalue weighted by Gasteiger charge is -2.18. The van der Waals surface area contributed by atoms with Crippen LogP contribution in [0.2, 0.25) is 0 Å². The van der Waals surface area contributed by atoms with Gasteiger partial charge in [-0.2, -0.15) is 4.31 Å². The molecule has 2 N–H and O–H groups in total. The Labute approximate surface area is 151 Å². The average Bonchev–Trinajstić information content (AvgIpc) is 2.54. The van der Waals surface area contributed by atoms with Gasteiger partial charge in [0.25, 0.3) is 0 Å². The lowest BCUT2D eigenvalue weighted by Crippen LogP contribution is -2.38. The summed E-state index contributed by atoms with van der Waals surface area (Å²) in [6.07, 6.45) is 0. The van der Waals surface area contributed by atoms with Gasteiger partial charge in [0.1, 0.15) is 0 Å². The average molecular weight is 373 g/mol. The predicted octanol–water partition coefficient (Wildman–Crippen LogP) is 1.24. The van der Waals surface area contributed by atoms with Gasteiger partial charge in [-0.1, -0.05) is 26.0 Å². The van der Waals surface area contributed by atoms with Crippen molar-refractivity contribution in [1.82, 2.24) is 19.8 Å². The van der Waals surface area contributed by atoms with Gasteiger partial charge in [0.05, 0.1) is 4.90 Å². The van der Waals surface area contributed by atoms with Crippen molar-refractivity contribution in [3.8, 4) is 0 Å². The van der Waals surface area contributed by atoms with E-state index in [-0.39, 0.29) is 0 Å². The van der Waals surface area contributed by atoms with Crippen molar-refractivity contribution in [2.24, 2.45) is 0 Å². The third-order valence-corrected chi connectivity index (χ3v) is 5.92. The molecule has 0 amide bonds. The standard InChI is InChI=1S/C16H28N4O2S2/c1-5-20(6-2)24(21,22)15-9-7-14(8-10-15)13-18-16(23)17-11-12-19(3)4/h7-10H,5-6,11-13H2,1-4H3,(H2,17,18,23). The highest BCUT2D eigenvalue weighted by Crippen LogP contribution is 2.16. The normalized spacial score (nSPS) is 11.8. The Kier molecular flexibility index (Phi) is 8.61. The minimum absolute atomic E-state index is 0.321. The Hall–Kier alpha value is -1.22. The van der Waals surface area contributed by atoms with Crippen LogP contribution >= 0.6 is 12.2 Å². The van der Waals surface area contributed by atoms with Crippen LogP contribution in [-0.4, -0.2) is 63.0 Å². The minimum atomic E-state index is -3.40. The first-order chi connectivity index (χ1) is 11.3. The molecule has 0 bridgehead atoms. The lowest BCUT2D eigenvalue weighted by molar-refractivity contribution is 0.412. The monoisotopic (exact) mass is 372 g/mol. The van der Waals surface area contributed by atoms with Gasteiger partial charge < -0.3 is 15.5 Å². The molecule has 0 aromatic heterocycles. The first kappa shape index (κ1) is 20.8. The zero-order valence-electron chi connectivity index (χ0n) is 14.9. The Morgan fingerprint density at radius 2 is 1.67 bits per heavy atom. The number of likely N-dealkylation sites (N-methyl/N-ethyl adjacent to an activating group) is 1. The Morgan fingerprint density at radius 3 is 2.17 bits per heavy atom. The summed E-state index contributed by atoms with van der Waals surface area (Å²) in [6, 6.07) is 6.91. The summed E-state index contributed by atoms with van der Waals surface area (Å²) in [5.41, 5.74) is 0.977. The molecule has 0 aliphatic carbocycles. The maximum absolute atomic E-state index is 12.4. The summed E-state index contributed by atoms with van der Waals surface area (Å²) >= 11 is 5.21. The Morgan fingerprint density at radius 1 is 1.08 bits per heavy atom. The highest BCUT2D eigenvalue weighted by Gasteiger charge is 2.20. The second-order valence-electron chi connectivity index (χ2n) is 5.65. The number of hydrogen-bond acceptors (Lipinski definition) is 4. The highest BCUT2D eigenvalue weighted by atomic mass is 32.2. The van der Waals surface area contributed by atoms with Crippen LogP contribution in [0.15, 0.2) is 29.2 Å². The zero-order valence-corrected chi connectivity index (χ0v) is 16.5. The molecule has 136 valence electrons. The highest BCUT2D eigenvalue weighted by molar-refractivity contribution is 7.89. The van der Waals surface area contributed by atoms with Gasteiger partial charge in [-0.3, -0.25) is 0 Å². The summed E-state index contributed by atoms with van der Waals surface area (Å²) in [5, 5.41) is 6.84. The summed E-state index contributed by atoms with van der Waals surface area (Å²) in [6.45, 7) is 6.84. The molecule has 0 heterocycles. The van der Waals surface area contributed by atoms with Crippen LogP contribution < -0.4 is 10.6 Å². The molecule has 0 fully saturated rings. The molecule has 0 atom stereocenters. The number of thiocarbonyl (C=S) groups is 1. The summed E-state index contributed by atoms with van der Waals surface area (Å²) in [4.78, 5) is 2.40. The number of nitrogens with one attached hydrogen (secondary N) is 2. The molecule has 0 unspecified atom stereocenters. The fourth-order valence-electron chi connectivity index (χ4n) is 2.13. The van der Waals surface area contributed by atoms with E-state index in [2.05, 4.69) is 15.5 Å². The molecule has 0 aliphatic rings. The van der Waals surface area contributed by atoms with Gasteiger partial charge in [-0.25, -0.2) is 8.42 Å². The van der Waals surface area contributed by atoms with E-state index in [1.165, 1.54) is 4.31 Å². The van der Waals surface area contributed by atoms with Crippen molar-refractivity contribution < 1.29 is 8.42 Å². The SMILES string of the molecule is CCN(CC)S(=O)(=O)c1ccc(CNC(=S)NCCN(C)C)cc1. The summed E-state index contributed by atoms with van der Waals surface area (Å²) < 4.78 is 26.3. The van der Waals surface area contributed by atoms with Crippen molar-refractivity contribution in [2.75, 3.05) is 40.3 Å². The minimum Gasteiger partial charge on any atom is -0.361 e. The predicted molar refractivity (Wildman–Crippen MR) is 103 cm³/mol. The topological polar surface area (TPSA) is 64.7 Å². The van der Waals surface area contributed by atoms with E-state index in [1.54, 1.807) is 12.1 Å². The number of hydrogen-bond donors (Lipinski definition) is 2. The third-order valence-electron chi connectivity index (χ3n) is 3.56. The van der Waals surface area contributed by atoms with Crippen LogP contribution in [-0.2, 0) is 16.6 Å². The number of rotatable bonds is 9. The van der Waals surface area contributed by atoms with Crippen molar-refractivity contribution in [2.45, 2.75) is 25.3 Å². The fraction of sp³-hybridized carbons (Fsp3) is 0.562. The van der Waals surface area contributed by atoms with E-state index < -0.39 is 10.0 Å². The molecule has 1 aromatic carbocycles. The molecular formula is C16H28N4O2S2. The molecule has 0 saturated heterocycles. The van der Waals surface area contributed by atoms with Crippen LogP contribution in [0.1, 0.15) is 19.4 Å². The smallest absolute Gasteiger partial charge is 0.243 e. The maximum Gasteiger partial charge on any atom is 0.243 e. The van der Waals surface area contributed by atoms with Gasteiger partial charge in [0, 0.05) is 32.7 Å². The Bertz CT molecular complexity index is 611. The first-order valence-corrected chi connectivity index (χ1v) is 9.91. The van der Waals surface area contributed by atoms with Gasteiger partial charge in [0.2, 0.25) is 10.0 Å². The van der Waals surface area contributed by atoms with Gasteiger partial charge in [-0.15, -0.1) is 0 Å². The molecule has 0 saturated carbocycles. The molecule has 24 heavy (non-hydrogen) atoms. The fourth-order valence-corrected chi connectivity index (χ4v) is 3.76. The van der Waals surface area contributed by atoms with Crippen molar-refractivity contribution in [3.63, 3.8) is 0 Å². The largest absolute Gasteiger partial charge is 0.361 e. The second-order valence-corrected chi connectivity index (χ2v) is 7.99. The zero-order chi connectivity index (χ0) is 18.2. The van der Waals surface area contributed by atoms with Crippen molar-refractivity contribution >= 4 is 27.4 Å². The molecular weight excluding hydrogens is 344 g/mol. The second kappa shape index (κ2) is 9.93. The van der Waals surface area contributed by atoms with Gasteiger partial charge in [0.15, 0.2) is 5.11 Å². The number of benzene rings is 1. The summed E-state index contributed by atoms with van der Waals surface area (Å²) in [7, 11) is 0.613. The van der Waals surface area contributed by atoms with Crippen molar-refractivity contribution in [1.29, 1.82) is 0 Å². The number of sulfonamides is 1. The molecule has 1 aromatic rings. The van der Waals surface area contributed by atoms with Crippen molar-refractivity contribution in [3.05, 3.63) is 29.8 Å². The van der Waals surface area contributed by atoms with E-state index in [4.69, 9.17) is 12.2 Å². The van der Waals surface area contributed by atoms with Crippen LogP contribution in [0.5, 0.6) is 0 Å². The van der Waals surface area contributed by atoms with E-state index >= 15 is 0 Å². The van der Waals surface area contributed by atoms with Crippen LogP contribution in [0.4, 0.5) is 0 Å². The quantitative estimate of drug-likeness (QED) is 0.636. The third kappa shape index (κ3) is 6.35. The molecule has 1 rings (SSSR count). The molecule has 8 heteroatoms. The van der Waals surface area contributed by atoms with E-state index in [0.717, 1.165) is 18.7 Å². The van der Waals surface area contributed by atoms with Gasteiger partial charge >= 0.3 is 0 Å². The maximum atomic E-state index is 12.4. The summed E-state index contributed by atoms with van der Waals surface area (Å²) in [5.74, 6) is 0. The molecule has 6 nitrogen and oxygen atoms in total. The van der Waals surface area contributed by atoms with Crippen LogP contribution in [0.3, 0.4) is 0 Å².